The molecule has 0 spiro atoms. The first-order chi connectivity index (χ1) is 7.48. The van der Waals surface area contributed by atoms with E-state index in [1.165, 1.54) is 39.2 Å². The van der Waals surface area contributed by atoms with Crippen LogP contribution in [0.3, 0.4) is 0 Å². The molecule has 0 amide bonds. The van der Waals surface area contributed by atoms with Crippen LogP contribution in [0.15, 0.2) is 0 Å². The van der Waals surface area contributed by atoms with Gasteiger partial charge in [-0.3, -0.25) is 9.69 Å². The SMILES string of the molecule is COC(=O)C(C)(C)N(C)CC1CCCCC1. The van der Waals surface area contributed by atoms with Crippen molar-refractivity contribution in [2.24, 2.45) is 5.92 Å². The summed E-state index contributed by atoms with van der Waals surface area (Å²) in [5.74, 6) is 0.605. The zero-order valence-electron chi connectivity index (χ0n) is 11.1. The second-order valence-corrected chi connectivity index (χ2v) is 5.44. The summed E-state index contributed by atoms with van der Waals surface area (Å²) in [5.41, 5.74) is -0.508. The van der Waals surface area contributed by atoms with Crippen LogP contribution in [0.1, 0.15) is 46.0 Å². The van der Waals surface area contributed by atoms with E-state index >= 15 is 0 Å². The van der Waals surface area contributed by atoms with E-state index in [4.69, 9.17) is 4.74 Å². The fourth-order valence-electron chi connectivity index (χ4n) is 2.39. The number of rotatable bonds is 4. The summed E-state index contributed by atoms with van der Waals surface area (Å²) in [7, 11) is 3.48. The topological polar surface area (TPSA) is 29.5 Å². The number of carbonyl (C=O) groups is 1. The molecule has 1 aliphatic rings. The fraction of sp³-hybridized carbons (Fsp3) is 0.923. The number of ether oxygens (including phenoxy) is 1. The molecule has 0 aromatic carbocycles. The molecule has 0 aliphatic heterocycles. The van der Waals surface area contributed by atoms with Gasteiger partial charge in [0.1, 0.15) is 5.54 Å². The van der Waals surface area contributed by atoms with Crippen LogP contribution in [0.25, 0.3) is 0 Å². The van der Waals surface area contributed by atoms with E-state index in [2.05, 4.69) is 4.90 Å². The van der Waals surface area contributed by atoms with Gasteiger partial charge in [-0.15, -0.1) is 0 Å². The van der Waals surface area contributed by atoms with Crippen LogP contribution < -0.4 is 0 Å². The maximum Gasteiger partial charge on any atom is 0.325 e. The molecule has 16 heavy (non-hydrogen) atoms. The van der Waals surface area contributed by atoms with Crippen molar-refractivity contribution >= 4 is 5.97 Å². The van der Waals surface area contributed by atoms with Crippen molar-refractivity contribution in [2.45, 2.75) is 51.5 Å². The minimum atomic E-state index is -0.508. The molecule has 1 saturated carbocycles. The fourth-order valence-corrected chi connectivity index (χ4v) is 2.39. The number of hydrogen-bond acceptors (Lipinski definition) is 3. The molecule has 0 aromatic rings. The number of carbonyl (C=O) groups excluding carboxylic acids is 1. The summed E-state index contributed by atoms with van der Waals surface area (Å²) >= 11 is 0. The Bertz CT molecular complexity index is 232. The number of hydrogen-bond donors (Lipinski definition) is 0. The molecule has 0 bridgehead atoms. The van der Waals surface area contributed by atoms with Crippen LogP contribution in [0, 0.1) is 5.92 Å². The standard InChI is InChI=1S/C13H25NO2/c1-13(2,12(15)16-4)14(3)10-11-8-6-5-7-9-11/h11H,5-10H2,1-4H3. The smallest absolute Gasteiger partial charge is 0.325 e. The van der Waals surface area contributed by atoms with Gasteiger partial charge in [0.2, 0.25) is 0 Å². The van der Waals surface area contributed by atoms with Gasteiger partial charge >= 0.3 is 5.97 Å². The molecule has 0 N–H and O–H groups in total. The Hall–Kier alpha value is -0.570. The molecule has 0 unspecified atom stereocenters. The van der Waals surface area contributed by atoms with Crippen molar-refractivity contribution in [1.82, 2.24) is 4.90 Å². The van der Waals surface area contributed by atoms with Gasteiger partial charge < -0.3 is 4.74 Å². The van der Waals surface area contributed by atoms with Crippen molar-refractivity contribution in [3.63, 3.8) is 0 Å². The quantitative estimate of drug-likeness (QED) is 0.691. The van der Waals surface area contributed by atoms with Gasteiger partial charge in [0.25, 0.3) is 0 Å². The van der Waals surface area contributed by atoms with Gasteiger partial charge in [-0.05, 0) is 39.7 Å². The van der Waals surface area contributed by atoms with E-state index in [1.807, 2.05) is 20.9 Å². The summed E-state index contributed by atoms with van der Waals surface area (Å²) in [6, 6.07) is 0. The van der Waals surface area contributed by atoms with Crippen molar-refractivity contribution in [3.8, 4) is 0 Å². The van der Waals surface area contributed by atoms with Crippen molar-refractivity contribution in [2.75, 3.05) is 20.7 Å². The van der Waals surface area contributed by atoms with E-state index in [1.54, 1.807) is 0 Å². The van der Waals surface area contributed by atoms with Crippen LogP contribution in [-0.4, -0.2) is 37.1 Å². The lowest BCUT2D eigenvalue weighted by Crippen LogP contribution is -2.50. The Morgan fingerprint density at radius 2 is 1.88 bits per heavy atom. The number of esters is 1. The lowest BCUT2D eigenvalue weighted by atomic mass is 9.88. The van der Waals surface area contributed by atoms with Crippen LogP contribution in [0.5, 0.6) is 0 Å². The van der Waals surface area contributed by atoms with Gasteiger partial charge in [0.15, 0.2) is 0 Å². The van der Waals surface area contributed by atoms with E-state index < -0.39 is 5.54 Å². The highest BCUT2D eigenvalue weighted by Gasteiger charge is 2.34. The van der Waals surface area contributed by atoms with Crippen LogP contribution >= 0.6 is 0 Å². The Morgan fingerprint density at radius 3 is 2.38 bits per heavy atom. The maximum atomic E-state index is 11.7. The summed E-state index contributed by atoms with van der Waals surface area (Å²) in [4.78, 5) is 13.8. The second kappa shape index (κ2) is 5.67. The third-order valence-corrected chi connectivity index (χ3v) is 3.90. The zero-order valence-corrected chi connectivity index (χ0v) is 11.1. The van der Waals surface area contributed by atoms with Crippen LogP contribution in [0.4, 0.5) is 0 Å². The lowest BCUT2D eigenvalue weighted by Gasteiger charge is -2.36. The lowest BCUT2D eigenvalue weighted by molar-refractivity contribution is -0.152. The van der Waals surface area contributed by atoms with Gasteiger partial charge in [-0.1, -0.05) is 19.3 Å². The van der Waals surface area contributed by atoms with Gasteiger partial charge in [-0.2, -0.15) is 0 Å². The average Bonchev–Trinajstić information content (AvgIpc) is 2.29. The molecule has 0 heterocycles. The first-order valence-corrected chi connectivity index (χ1v) is 6.28. The molecule has 3 heteroatoms. The second-order valence-electron chi connectivity index (χ2n) is 5.44. The Kier molecular flexibility index (Phi) is 4.78. The Balaban J connectivity index is 2.49. The number of nitrogens with zero attached hydrogens (tertiary/aromatic N) is 1. The molecule has 1 fully saturated rings. The predicted octanol–water partition coefficient (Wildman–Crippen LogP) is 2.45. The Morgan fingerprint density at radius 1 is 1.31 bits per heavy atom. The third kappa shape index (κ3) is 3.21. The van der Waals surface area contributed by atoms with Crippen LogP contribution in [-0.2, 0) is 9.53 Å². The molecule has 0 aromatic heterocycles. The summed E-state index contributed by atoms with van der Waals surface area (Å²) < 4.78 is 4.84. The van der Waals surface area contributed by atoms with Gasteiger partial charge in [0, 0.05) is 6.54 Å². The number of likely N-dealkylation sites (N-methyl/N-ethyl adjacent to an activating group) is 1. The highest BCUT2D eigenvalue weighted by atomic mass is 16.5. The number of methoxy groups -OCH3 is 1. The molecule has 0 saturated heterocycles. The zero-order chi connectivity index (χ0) is 12.2. The van der Waals surface area contributed by atoms with Gasteiger partial charge in [0.05, 0.1) is 7.11 Å². The minimum Gasteiger partial charge on any atom is -0.468 e. The van der Waals surface area contributed by atoms with E-state index in [0.29, 0.717) is 0 Å². The first kappa shape index (κ1) is 13.5. The molecular weight excluding hydrogens is 202 g/mol. The van der Waals surface area contributed by atoms with E-state index in [-0.39, 0.29) is 5.97 Å². The average molecular weight is 227 g/mol. The van der Waals surface area contributed by atoms with Crippen LogP contribution in [0.2, 0.25) is 0 Å². The van der Waals surface area contributed by atoms with E-state index in [9.17, 15) is 4.79 Å². The van der Waals surface area contributed by atoms with Crippen molar-refractivity contribution < 1.29 is 9.53 Å². The molecule has 0 atom stereocenters. The molecule has 3 nitrogen and oxygen atoms in total. The molecule has 1 aliphatic carbocycles. The Labute approximate surface area is 99.1 Å². The maximum absolute atomic E-state index is 11.7. The molecule has 1 rings (SSSR count). The normalized spacial score (nSPS) is 18.8. The summed E-state index contributed by atoms with van der Waals surface area (Å²) in [5, 5.41) is 0. The highest BCUT2D eigenvalue weighted by molar-refractivity contribution is 5.79. The molecule has 0 radical (unpaired) electrons. The van der Waals surface area contributed by atoms with Crippen molar-refractivity contribution in [1.29, 1.82) is 0 Å². The molecule has 94 valence electrons. The van der Waals surface area contributed by atoms with Crippen molar-refractivity contribution in [3.05, 3.63) is 0 Å². The summed E-state index contributed by atoms with van der Waals surface area (Å²) in [6.45, 7) is 4.87. The molecular formula is C13H25NO2. The van der Waals surface area contributed by atoms with Gasteiger partial charge in [-0.25, -0.2) is 0 Å². The highest BCUT2D eigenvalue weighted by Crippen LogP contribution is 2.26. The first-order valence-electron chi connectivity index (χ1n) is 6.28. The largest absolute Gasteiger partial charge is 0.468 e. The third-order valence-electron chi connectivity index (χ3n) is 3.90. The van der Waals surface area contributed by atoms with E-state index in [0.717, 1.165) is 12.5 Å². The monoisotopic (exact) mass is 227 g/mol. The predicted molar refractivity (Wildman–Crippen MR) is 65.3 cm³/mol. The summed E-state index contributed by atoms with van der Waals surface area (Å²) in [6.07, 6.45) is 6.68. The minimum absolute atomic E-state index is 0.147.